The summed E-state index contributed by atoms with van der Waals surface area (Å²) in [6.07, 6.45) is 0.353. The Labute approximate surface area is 168 Å². The lowest BCUT2D eigenvalue weighted by Crippen LogP contribution is -2.38. The molecule has 0 saturated heterocycles. The number of carbonyl (C=O) groups is 1. The van der Waals surface area contributed by atoms with Crippen LogP contribution in [0.5, 0.6) is 0 Å². The summed E-state index contributed by atoms with van der Waals surface area (Å²) in [5, 5.41) is 13.7. The Morgan fingerprint density at radius 2 is 1.93 bits per heavy atom. The first-order valence-corrected chi connectivity index (χ1v) is 9.76. The number of hydrogen-bond donors (Lipinski definition) is 3. The molecular weight excluding hydrogens is 408 g/mol. The van der Waals surface area contributed by atoms with E-state index in [4.69, 9.17) is 0 Å². The fourth-order valence-corrected chi connectivity index (χ4v) is 2.86. The number of benzene rings is 1. The lowest BCUT2D eigenvalue weighted by atomic mass is 10.2. The predicted molar refractivity (Wildman–Crippen MR) is 113 cm³/mol. The number of halogens is 1. The monoisotopic (exact) mass is 434 g/mol. The van der Waals surface area contributed by atoms with Gasteiger partial charge in [0.1, 0.15) is 0 Å². The van der Waals surface area contributed by atoms with Crippen LogP contribution in [0.4, 0.5) is 5.69 Å². The number of rotatable bonds is 7. The van der Waals surface area contributed by atoms with Crippen LogP contribution in [0.1, 0.15) is 30.3 Å². The van der Waals surface area contributed by atoms with E-state index in [0.717, 1.165) is 33.7 Å². The smallest absolute Gasteiger partial charge is 0.226 e. The highest BCUT2D eigenvalue weighted by atomic mass is 79.9. The maximum absolute atomic E-state index is 12.1. The molecule has 0 saturated carbocycles. The molecule has 0 aliphatic rings. The molecular formula is C19H27BrN6O. The second-order valence-corrected chi connectivity index (χ2v) is 7.12. The van der Waals surface area contributed by atoms with Crippen LogP contribution < -0.4 is 16.0 Å². The SMILES string of the molecule is CCNC(=NCc1c(C)nn(C)c1C)NCCC(=O)Nc1ccc(Br)cc1. The van der Waals surface area contributed by atoms with Gasteiger partial charge in [-0.05, 0) is 45.0 Å². The minimum Gasteiger partial charge on any atom is -0.357 e. The maximum Gasteiger partial charge on any atom is 0.226 e. The van der Waals surface area contributed by atoms with Gasteiger partial charge >= 0.3 is 0 Å². The summed E-state index contributed by atoms with van der Waals surface area (Å²) < 4.78 is 2.85. The third-order valence-electron chi connectivity index (χ3n) is 4.17. The van der Waals surface area contributed by atoms with Crippen molar-refractivity contribution in [3.05, 3.63) is 45.7 Å². The molecule has 2 aromatic rings. The molecule has 27 heavy (non-hydrogen) atoms. The van der Waals surface area contributed by atoms with Gasteiger partial charge in [0.25, 0.3) is 0 Å². The van der Waals surface area contributed by atoms with Crippen molar-refractivity contribution in [2.45, 2.75) is 33.7 Å². The van der Waals surface area contributed by atoms with Crippen molar-refractivity contribution in [1.29, 1.82) is 0 Å². The van der Waals surface area contributed by atoms with Gasteiger partial charge in [0, 0.05) is 48.0 Å². The van der Waals surface area contributed by atoms with Crippen LogP contribution in [0, 0.1) is 13.8 Å². The van der Waals surface area contributed by atoms with Crippen LogP contribution in [0.2, 0.25) is 0 Å². The van der Waals surface area contributed by atoms with E-state index in [9.17, 15) is 4.79 Å². The van der Waals surface area contributed by atoms with Gasteiger partial charge < -0.3 is 16.0 Å². The minimum absolute atomic E-state index is 0.0420. The Bertz CT molecular complexity index is 797. The molecule has 2 rings (SSSR count). The topological polar surface area (TPSA) is 83.3 Å². The first kappa shape index (κ1) is 21.0. The molecule has 1 amide bonds. The van der Waals surface area contributed by atoms with Gasteiger partial charge in [0.2, 0.25) is 5.91 Å². The molecule has 1 aromatic carbocycles. The number of aliphatic imine (C=N–C) groups is 1. The maximum atomic E-state index is 12.1. The molecule has 8 heteroatoms. The number of anilines is 1. The molecule has 0 aliphatic heterocycles. The van der Waals surface area contributed by atoms with E-state index >= 15 is 0 Å². The Kier molecular flexibility index (Phi) is 7.84. The summed E-state index contributed by atoms with van der Waals surface area (Å²) in [4.78, 5) is 16.7. The van der Waals surface area contributed by atoms with Gasteiger partial charge in [-0.1, -0.05) is 15.9 Å². The van der Waals surface area contributed by atoms with Crippen molar-refractivity contribution in [1.82, 2.24) is 20.4 Å². The van der Waals surface area contributed by atoms with Gasteiger partial charge in [-0.3, -0.25) is 9.48 Å². The van der Waals surface area contributed by atoms with E-state index in [2.05, 4.69) is 42.0 Å². The Morgan fingerprint density at radius 1 is 1.22 bits per heavy atom. The molecule has 0 radical (unpaired) electrons. The lowest BCUT2D eigenvalue weighted by Gasteiger charge is -2.11. The van der Waals surface area contributed by atoms with Crippen molar-refractivity contribution in [3.8, 4) is 0 Å². The zero-order valence-electron chi connectivity index (χ0n) is 16.3. The van der Waals surface area contributed by atoms with Crippen molar-refractivity contribution >= 4 is 33.5 Å². The summed E-state index contributed by atoms with van der Waals surface area (Å²) in [6, 6.07) is 7.51. The zero-order chi connectivity index (χ0) is 19.8. The third kappa shape index (κ3) is 6.39. The molecule has 3 N–H and O–H groups in total. The lowest BCUT2D eigenvalue weighted by molar-refractivity contribution is -0.116. The summed E-state index contributed by atoms with van der Waals surface area (Å²) in [6.45, 7) is 7.84. The molecule has 7 nitrogen and oxygen atoms in total. The van der Waals surface area contributed by atoms with E-state index in [1.54, 1.807) is 0 Å². The molecule has 0 fully saturated rings. The first-order valence-electron chi connectivity index (χ1n) is 8.97. The largest absolute Gasteiger partial charge is 0.357 e. The highest BCUT2D eigenvalue weighted by Crippen LogP contribution is 2.14. The molecule has 0 atom stereocenters. The number of aromatic nitrogens is 2. The summed E-state index contributed by atoms with van der Waals surface area (Å²) in [7, 11) is 1.93. The number of carbonyl (C=O) groups excluding carboxylic acids is 1. The number of aryl methyl sites for hydroxylation is 2. The third-order valence-corrected chi connectivity index (χ3v) is 4.70. The number of amides is 1. The Balaban J connectivity index is 1.86. The van der Waals surface area contributed by atoms with Crippen molar-refractivity contribution in [2.75, 3.05) is 18.4 Å². The quantitative estimate of drug-likeness (QED) is 0.462. The Morgan fingerprint density at radius 3 is 2.52 bits per heavy atom. The van der Waals surface area contributed by atoms with E-state index < -0.39 is 0 Å². The molecule has 0 bridgehead atoms. The molecule has 1 aromatic heterocycles. The second-order valence-electron chi connectivity index (χ2n) is 6.20. The van der Waals surface area contributed by atoms with Gasteiger partial charge in [-0.2, -0.15) is 5.10 Å². The van der Waals surface area contributed by atoms with E-state index in [1.165, 1.54) is 0 Å². The molecule has 0 aliphatic carbocycles. The number of hydrogen-bond acceptors (Lipinski definition) is 3. The van der Waals surface area contributed by atoms with Crippen LogP contribution in [-0.2, 0) is 18.4 Å². The molecule has 0 spiro atoms. The fourth-order valence-electron chi connectivity index (χ4n) is 2.60. The second kappa shape index (κ2) is 10.1. The molecule has 146 valence electrons. The minimum atomic E-state index is -0.0420. The Hall–Kier alpha value is -2.35. The highest BCUT2D eigenvalue weighted by molar-refractivity contribution is 9.10. The predicted octanol–water partition coefficient (Wildman–Crippen LogP) is 2.88. The first-order chi connectivity index (χ1) is 12.9. The number of nitrogens with zero attached hydrogens (tertiary/aromatic N) is 3. The normalized spacial score (nSPS) is 11.4. The molecule has 1 heterocycles. The van der Waals surface area contributed by atoms with E-state index in [-0.39, 0.29) is 5.91 Å². The van der Waals surface area contributed by atoms with Gasteiger partial charge in [0.05, 0.1) is 12.2 Å². The summed E-state index contributed by atoms with van der Waals surface area (Å²) >= 11 is 3.38. The average molecular weight is 435 g/mol. The fraction of sp³-hybridized carbons (Fsp3) is 0.421. The van der Waals surface area contributed by atoms with Crippen LogP contribution in [-0.4, -0.2) is 34.7 Å². The van der Waals surface area contributed by atoms with Crippen LogP contribution in [0.25, 0.3) is 0 Å². The number of nitrogens with one attached hydrogen (secondary N) is 3. The highest BCUT2D eigenvalue weighted by Gasteiger charge is 2.09. The van der Waals surface area contributed by atoms with Crippen LogP contribution in [0.15, 0.2) is 33.7 Å². The van der Waals surface area contributed by atoms with Gasteiger partial charge in [-0.15, -0.1) is 0 Å². The van der Waals surface area contributed by atoms with E-state index in [1.807, 2.05) is 56.8 Å². The molecule has 0 unspecified atom stereocenters. The summed E-state index contributed by atoms with van der Waals surface area (Å²) in [5.74, 6) is 0.649. The van der Waals surface area contributed by atoms with Gasteiger partial charge in [-0.25, -0.2) is 4.99 Å². The van der Waals surface area contributed by atoms with Crippen molar-refractivity contribution < 1.29 is 4.79 Å². The van der Waals surface area contributed by atoms with Crippen LogP contribution >= 0.6 is 15.9 Å². The summed E-state index contributed by atoms with van der Waals surface area (Å²) in [5.41, 5.74) is 4.01. The van der Waals surface area contributed by atoms with Crippen LogP contribution in [0.3, 0.4) is 0 Å². The standard InChI is InChI=1S/C19H27BrN6O/c1-5-21-19(23-12-17-13(2)25-26(4)14(17)3)22-11-10-18(27)24-16-8-6-15(20)7-9-16/h6-9H,5,10-12H2,1-4H3,(H,24,27)(H2,21,22,23). The van der Waals surface area contributed by atoms with E-state index in [0.29, 0.717) is 25.5 Å². The zero-order valence-corrected chi connectivity index (χ0v) is 17.9. The average Bonchev–Trinajstić information content (AvgIpc) is 2.87. The van der Waals surface area contributed by atoms with Crippen molar-refractivity contribution in [2.24, 2.45) is 12.0 Å². The number of guanidine groups is 1. The van der Waals surface area contributed by atoms with Gasteiger partial charge in [0.15, 0.2) is 5.96 Å². The van der Waals surface area contributed by atoms with Crippen molar-refractivity contribution in [3.63, 3.8) is 0 Å².